The van der Waals surface area contributed by atoms with E-state index in [4.69, 9.17) is 5.26 Å². The van der Waals surface area contributed by atoms with Gasteiger partial charge in [0.2, 0.25) is 0 Å². The van der Waals surface area contributed by atoms with Crippen LogP contribution in [0.15, 0.2) is 0 Å². The summed E-state index contributed by atoms with van der Waals surface area (Å²) in [5, 5.41) is 8.58. The van der Waals surface area contributed by atoms with Crippen molar-refractivity contribution in [2.45, 2.75) is 26.2 Å². The van der Waals surface area contributed by atoms with Gasteiger partial charge >= 0.3 is 0 Å². The molecule has 0 saturated heterocycles. The Kier molecular flexibility index (Phi) is 2.06. The van der Waals surface area contributed by atoms with Crippen molar-refractivity contribution in [3.05, 3.63) is 0 Å². The molecule has 2 atom stereocenters. The summed E-state index contributed by atoms with van der Waals surface area (Å²) >= 11 is 0. The number of nitrogens with zero attached hydrogens (tertiary/aromatic N) is 1. The highest BCUT2D eigenvalue weighted by molar-refractivity contribution is 5.81. The molecule has 0 N–H and O–H groups in total. The summed E-state index contributed by atoms with van der Waals surface area (Å²) in [7, 11) is 0. The van der Waals surface area contributed by atoms with E-state index in [0.717, 1.165) is 12.8 Å². The highest BCUT2D eigenvalue weighted by atomic mass is 16.1. The SMILES string of the molecule is C[C@@H]1C(=O)CCC[C@H]1C#N. The predicted octanol–water partition coefficient (Wildman–Crippen LogP) is 1.52. The zero-order valence-corrected chi connectivity index (χ0v) is 6.13. The van der Waals surface area contributed by atoms with Gasteiger partial charge in [0.05, 0.1) is 12.0 Å². The lowest BCUT2D eigenvalue weighted by Gasteiger charge is -2.21. The number of Topliss-reactive ketones (excluding diaryl/α,β-unsaturated/α-hetero) is 1. The molecule has 0 amide bonds. The van der Waals surface area contributed by atoms with Gasteiger partial charge in [-0.15, -0.1) is 0 Å². The number of rotatable bonds is 0. The summed E-state index contributed by atoms with van der Waals surface area (Å²) in [6, 6.07) is 2.16. The molecule has 1 fully saturated rings. The summed E-state index contributed by atoms with van der Waals surface area (Å²) < 4.78 is 0. The molecular weight excluding hydrogens is 126 g/mol. The second kappa shape index (κ2) is 2.83. The fourth-order valence-corrected chi connectivity index (χ4v) is 1.37. The summed E-state index contributed by atoms with van der Waals surface area (Å²) in [6.45, 7) is 1.86. The normalized spacial score (nSPS) is 33.4. The van der Waals surface area contributed by atoms with Gasteiger partial charge in [-0.2, -0.15) is 5.26 Å². The van der Waals surface area contributed by atoms with Gasteiger partial charge < -0.3 is 0 Å². The summed E-state index contributed by atoms with van der Waals surface area (Å²) in [6.07, 6.45) is 2.49. The fourth-order valence-electron chi connectivity index (χ4n) is 1.37. The average molecular weight is 137 g/mol. The first kappa shape index (κ1) is 7.27. The smallest absolute Gasteiger partial charge is 0.137 e. The molecule has 0 aromatic carbocycles. The Hall–Kier alpha value is -0.840. The van der Waals surface area contributed by atoms with Gasteiger partial charge in [-0.1, -0.05) is 6.92 Å². The predicted molar refractivity (Wildman–Crippen MR) is 37.1 cm³/mol. The van der Waals surface area contributed by atoms with Gasteiger partial charge in [0.25, 0.3) is 0 Å². The molecule has 0 unspecified atom stereocenters. The molecule has 1 aliphatic rings. The maximum absolute atomic E-state index is 11.0. The molecule has 0 bridgehead atoms. The molecule has 0 spiro atoms. The van der Waals surface area contributed by atoms with Crippen molar-refractivity contribution in [3.8, 4) is 6.07 Å². The van der Waals surface area contributed by atoms with E-state index in [2.05, 4.69) is 6.07 Å². The minimum Gasteiger partial charge on any atom is -0.299 e. The third-order valence-electron chi connectivity index (χ3n) is 2.22. The molecule has 1 rings (SSSR count). The van der Waals surface area contributed by atoms with Gasteiger partial charge in [0.1, 0.15) is 5.78 Å². The van der Waals surface area contributed by atoms with Crippen LogP contribution >= 0.6 is 0 Å². The lowest BCUT2D eigenvalue weighted by molar-refractivity contribution is -0.125. The minimum atomic E-state index is -0.0150. The molecule has 10 heavy (non-hydrogen) atoms. The Bertz CT molecular complexity index is 180. The highest BCUT2D eigenvalue weighted by Crippen LogP contribution is 2.25. The first-order chi connectivity index (χ1) is 4.75. The van der Waals surface area contributed by atoms with Crippen molar-refractivity contribution in [3.63, 3.8) is 0 Å². The number of carbonyl (C=O) groups excluding carboxylic acids is 1. The van der Waals surface area contributed by atoms with E-state index in [1.807, 2.05) is 6.92 Å². The molecular formula is C8H11NO. The van der Waals surface area contributed by atoms with Crippen LogP contribution < -0.4 is 0 Å². The van der Waals surface area contributed by atoms with Gasteiger partial charge in [0, 0.05) is 12.3 Å². The first-order valence-corrected chi connectivity index (χ1v) is 3.68. The Morgan fingerprint density at radius 3 is 2.90 bits per heavy atom. The molecule has 2 heteroatoms. The second-order valence-electron chi connectivity index (χ2n) is 2.88. The van der Waals surface area contributed by atoms with E-state index in [1.54, 1.807) is 0 Å². The first-order valence-electron chi connectivity index (χ1n) is 3.68. The zero-order valence-electron chi connectivity index (χ0n) is 6.13. The van der Waals surface area contributed by atoms with Crippen molar-refractivity contribution in [1.29, 1.82) is 5.26 Å². The summed E-state index contributed by atoms with van der Waals surface area (Å²) in [5.41, 5.74) is 0. The Labute approximate surface area is 60.8 Å². The summed E-state index contributed by atoms with van der Waals surface area (Å²) in [5.74, 6) is 0.234. The van der Waals surface area contributed by atoms with E-state index >= 15 is 0 Å². The second-order valence-corrected chi connectivity index (χ2v) is 2.88. The van der Waals surface area contributed by atoms with Gasteiger partial charge in [0.15, 0.2) is 0 Å². The molecule has 0 aromatic rings. The number of hydrogen-bond donors (Lipinski definition) is 0. The monoisotopic (exact) mass is 137 g/mol. The molecule has 0 aromatic heterocycles. The van der Waals surface area contributed by atoms with Crippen LogP contribution in [0.25, 0.3) is 0 Å². The lowest BCUT2D eigenvalue weighted by atomic mass is 9.80. The molecule has 0 heterocycles. The highest BCUT2D eigenvalue weighted by Gasteiger charge is 2.27. The van der Waals surface area contributed by atoms with E-state index in [1.165, 1.54) is 0 Å². The largest absolute Gasteiger partial charge is 0.299 e. The molecule has 0 radical (unpaired) electrons. The number of nitriles is 1. The van der Waals surface area contributed by atoms with Crippen LogP contribution in [-0.4, -0.2) is 5.78 Å². The van der Waals surface area contributed by atoms with Crippen LogP contribution in [0, 0.1) is 23.2 Å². The average Bonchev–Trinajstić information content (AvgIpc) is 1.95. The minimum absolute atomic E-state index is 0.0127. The van der Waals surface area contributed by atoms with Crippen LogP contribution in [0.4, 0.5) is 0 Å². The van der Waals surface area contributed by atoms with Crippen molar-refractivity contribution in [2.24, 2.45) is 11.8 Å². The van der Waals surface area contributed by atoms with Gasteiger partial charge in [-0.3, -0.25) is 4.79 Å². The third kappa shape index (κ3) is 1.18. The number of carbonyl (C=O) groups is 1. The summed E-state index contributed by atoms with van der Waals surface area (Å²) in [4.78, 5) is 11.0. The van der Waals surface area contributed by atoms with E-state index in [0.29, 0.717) is 6.42 Å². The molecule has 1 aliphatic carbocycles. The van der Waals surface area contributed by atoms with E-state index in [-0.39, 0.29) is 17.6 Å². The van der Waals surface area contributed by atoms with Crippen LogP contribution in [-0.2, 0) is 4.79 Å². The van der Waals surface area contributed by atoms with Crippen LogP contribution in [0.2, 0.25) is 0 Å². The van der Waals surface area contributed by atoms with E-state index in [9.17, 15) is 4.79 Å². The number of ketones is 1. The lowest BCUT2D eigenvalue weighted by Crippen LogP contribution is -2.24. The van der Waals surface area contributed by atoms with Crippen molar-refractivity contribution in [2.75, 3.05) is 0 Å². The van der Waals surface area contributed by atoms with Crippen LogP contribution in [0.3, 0.4) is 0 Å². The fraction of sp³-hybridized carbons (Fsp3) is 0.750. The van der Waals surface area contributed by atoms with Crippen LogP contribution in [0.5, 0.6) is 0 Å². The van der Waals surface area contributed by atoms with Gasteiger partial charge in [-0.25, -0.2) is 0 Å². The Balaban J connectivity index is 2.61. The molecule has 1 saturated carbocycles. The third-order valence-corrected chi connectivity index (χ3v) is 2.22. The molecule has 0 aliphatic heterocycles. The molecule has 2 nitrogen and oxygen atoms in total. The van der Waals surface area contributed by atoms with E-state index < -0.39 is 0 Å². The van der Waals surface area contributed by atoms with Gasteiger partial charge in [-0.05, 0) is 12.8 Å². The van der Waals surface area contributed by atoms with Crippen LogP contribution in [0.1, 0.15) is 26.2 Å². The quantitative estimate of drug-likeness (QED) is 0.507. The maximum atomic E-state index is 11.0. The van der Waals surface area contributed by atoms with Crippen molar-refractivity contribution >= 4 is 5.78 Å². The molecule has 54 valence electrons. The topological polar surface area (TPSA) is 40.9 Å². The Morgan fingerprint density at radius 2 is 2.40 bits per heavy atom. The Morgan fingerprint density at radius 1 is 1.70 bits per heavy atom. The standard InChI is InChI=1S/C8H11NO/c1-6-7(5-9)3-2-4-8(6)10/h6-7H,2-4H2,1H3/t6-,7-/m0/s1. The number of hydrogen-bond acceptors (Lipinski definition) is 2. The van der Waals surface area contributed by atoms with Crippen molar-refractivity contribution < 1.29 is 4.79 Å². The maximum Gasteiger partial charge on any atom is 0.137 e. The van der Waals surface area contributed by atoms with Crippen molar-refractivity contribution in [1.82, 2.24) is 0 Å². The zero-order chi connectivity index (χ0) is 7.56.